The van der Waals surface area contributed by atoms with Crippen LogP contribution < -0.4 is 10.6 Å². The van der Waals surface area contributed by atoms with Crippen molar-refractivity contribution in [3.63, 3.8) is 0 Å². The smallest absolute Gasteiger partial charge is 0.259 e. The van der Waals surface area contributed by atoms with Crippen molar-refractivity contribution in [1.29, 1.82) is 0 Å². The number of amides is 1. The third kappa shape index (κ3) is 2.06. The van der Waals surface area contributed by atoms with E-state index in [2.05, 4.69) is 0 Å². The molecule has 96 valence electrons. The number of benzene rings is 2. The maximum absolute atomic E-state index is 12.6. The molecule has 1 aliphatic heterocycles. The van der Waals surface area contributed by atoms with Crippen LogP contribution in [-0.2, 0) is 6.42 Å². The lowest BCUT2D eigenvalue weighted by Gasteiger charge is -2.18. The number of carbonyl (C=O) groups excluding carboxylic acids is 1. The monoisotopic (exact) mass is 272 g/mol. The average molecular weight is 273 g/mol. The van der Waals surface area contributed by atoms with Crippen LogP contribution in [0.15, 0.2) is 42.5 Å². The Morgan fingerprint density at radius 1 is 1.21 bits per heavy atom. The molecule has 3 rings (SSSR count). The second-order valence-electron chi connectivity index (χ2n) is 4.57. The van der Waals surface area contributed by atoms with Crippen LogP contribution in [0, 0.1) is 0 Å². The first kappa shape index (κ1) is 12.1. The van der Waals surface area contributed by atoms with Gasteiger partial charge < -0.3 is 10.6 Å². The van der Waals surface area contributed by atoms with Gasteiger partial charge in [-0.25, -0.2) is 0 Å². The third-order valence-corrected chi connectivity index (χ3v) is 3.68. The molecule has 0 saturated carbocycles. The maximum Gasteiger partial charge on any atom is 0.259 e. The van der Waals surface area contributed by atoms with E-state index in [1.165, 1.54) is 5.56 Å². The molecule has 0 atom stereocenters. The lowest BCUT2D eigenvalue weighted by Crippen LogP contribution is -2.29. The van der Waals surface area contributed by atoms with Gasteiger partial charge in [0.25, 0.3) is 5.91 Å². The highest BCUT2D eigenvalue weighted by molar-refractivity contribution is 6.34. The third-order valence-electron chi connectivity index (χ3n) is 3.35. The van der Waals surface area contributed by atoms with E-state index in [0.29, 0.717) is 22.8 Å². The van der Waals surface area contributed by atoms with Crippen LogP contribution in [0.25, 0.3) is 0 Å². The van der Waals surface area contributed by atoms with Crippen LogP contribution in [0.2, 0.25) is 5.02 Å². The Kier molecular flexibility index (Phi) is 2.91. The summed E-state index contributed by atoms with van der Waals surface area (Å²) in [7, 11) is 0. The second-order valence-corrected chi connectivity index (χ2v) is 4.98. The van der Waals surface area contributed by atoms with Gasteiger partial charge >= 0.3 is 0 Å². The fourth-order valence-electron chi connectivity index (χ4n) is 2.40. The molecule has 0 saturated heterocycles. The lowest BCUT2D eigenvalue weighted by molar-refractivity contribution is 0.0989. The van der Waals surface area contributed by atoms with Crippen molar-refractivity contribution in [3.05, 3.63) is 58.6 Å². The van der Waals surface area contributed by atoms with Gasteiger partial charge in [0.2, 0.25) is 0 Å². The fourth-order valence-corrected chi connectivity index (χ4v) is 2.60. The minimum absolute atomic E-state index is 0.0951. The summed E-state index contributed by atoms with van der Waals surface area (Å²) in [5.41, 5.74) is 8.88. The second kappa shape index (κ2) is 4.59. The zero-order valence-corrected chi connectivity index (χ0v) is 11.0. The molecule has 2 aromatic carbocycles. The minimum atomic E-state index is -0.0951. The van der Waals surface area contributed by atoms with E-state index in [-0.39, 0.29) is 5.91 Å². The van der Waals surface area contributed by atoms with Crippen LogP contribution in [-0.4, -0.2) is 12.5 Å². The maximum atomic E-state index is 12.6. The summed E-state index contributed by atoms with van der Waals surface area (Å²) in [6, 6.07) is 12.9. The molecule has 0 aliphatic carbocycles. The highest BCUT2D eigenvalue weighted by Gasteiger charge is 2.26. The van der Waals surface area contributed by atoms with Gasteiger partial charge in [-0.1, -0.05) is 29.8 Å². The molecule has 19 heavy (non-hydrogen) atoms. The molecule has 3 nitrogen and oxygen atoms in total. The molecule has 0 spiro atoms. The van der Waals surface area contributed by atoms with E-state index >= 15 is 0 Å². The van der Waals surface area contributed by atoms with Crippen molar-refractivity contribution in [2.45, 2.75) is 6.42 Å². The quantitative estimate of drug-likeness (QED) is 0.811. The number of nitrogens with zero attached hydrogens (tertiary/aromatic N) is 1. The molecule has 1 aliphatic rings. The van der Waals surface area contributed by atoms with E-state index in [1.54, 1.807) is 23.1 Å². The van der Waals surface area contributed by atoms with E-state index < -0.39 is 0 Å². The number of nitrogen functional groups attached to an aromatic ring is 1. The Morgan fingerprint density at radius 2 is 2.00 bits per heavy atom. The van der Waals surface area contributed by atoms with Crippen LogP contribution in [0.5, 0.6) is 0 Å². The van der Waals surface area contributed by atoms with Gasteiger partial charge in [0.05, 0.1) is 10.6 Å². The summed E-state index contributed by atoms with van der Waals surface area (Å²) in [5.74, 6) is -0.0951. The highest BCUT2D eigenvalue weighted by atomic mass is 35.5. The molecule has 4 heteroatoms. The summed E-state index contributed by atoms with van der Waals surface area (Å²) in [4.78, 5) is 14.3. The topological polar surface area (TPSA) is 46.3 Å². The van der Waals surface area contributed by atoms with Crippen molar-refractivity contribution >= 4 is 28.9 Å². The molecule has 0 radical (unpaired) electrons. The highest BCUT2D eigenvalue weighted by Crippen LogP contribution is 2.30. The summed E-state index contributed by atoms with van der Waals surface area (Å²) >= 11 is 6.09. The molecule has 1 amide bonds. The number of rotatable bonds is 1. The summed E-state index contributed by atoms with van der Waals surface area (Å²) in [6.07, 6.45) is 0.877. The first-order chi connectivity index (χ1) is 9.16. The molecular weight excluding hydrogens is 260 g/mol. The molecule has 0 fully saturated rings. The van der Waals surface area contributed by atoms with E-state index in [9.17, 15) is 4.79 Å². The molecule has 0 aromatic heterocycles. The minimum Gasteiger partial charge on any atom is -0.399 e. The molecule has 2 N–H and O–H groups in total. The van der Waals surface area contributed by atoms with Gasteiger partial charge in [-0.05, 0) is 36.2 Å². The SMILES string of the molecule is Nc1ccc(Cl)c(C(=O)N2CCc3ccccc32)c1. The zero-order valence-electron chi connectivity index (χ0n) is 10.3. The van der Waals surface area contributed by atoms with Gasteiger partial charge in [-0.3, -0.25) is 4.79 Å². The van der Waals surface area contributed by atoms with E-state index in [0.717, 1.165) is 12.1 Å². The first-order valence-corrected chi connectivity index (χ1v) is 6.49. The van der Waals surface area contributed by atoms with E-state index in [1.807, 2.05) is 24.3 Å². The molecular formula is C15H13ClN2O. The molecule has 2 aromatic rings. The largest absolute Gasteiger partial charge is 0.399 e. The number of fused-ring (bicyclic) bond motifs is 1. The molecule has 0 unspecified atom stereocenters. The van der Waals surface area contributed by atoms with Crippen LogP contribution in [0.4, 0.5) is 11.4 Å². The number of halogens is 1. The predicted molar refractivity (Wildman–Crippen MR) is 77.7 cm³/mol. The van der Waals surface area contributed by atoms with Crippen molar-refractivity contribution in [3.8, 4) is 0 Å². The Morgan fingerprint density at radius 3 is 2.84 bits per heavy atom. The predicted octanol–water partition coefficient (Wildman–Crippen LogP) is 3.13. The number of carbonyl (C=O) groups is 1. The number of hydrogen-bond acceptors (Lipinski definition) is 2. The number of para-hydroxylation sites is 1. The van der Waals surface area contributed by atoms with Crippen molar-refractivity contribution < 1.29 is 4.79 Å². The van der Waals surface area contributed by atoms with Crippen LogP contribution >= 0.6 is 11.6 Å². The van der Waals surface area contributed by atoms with E-state index in [4.69, 9.17) is 17.3 Å². The first-order valence-electron chi connectivity index (χ1n) is 6.11. The summed E-state index contributed by atoms with van der Waals surface area (Å²) in [6.45, 7) is 0.684. The average Bonchev–Trinajstić information content (AvgIpc) is 2.84. The Bertz CT molecular complexity index is 654. The van der Waals surface area contributed by atoms with Gasteiger partial charge in [-0.15, -0.1) is 0 Å². The van der Waals surface area contributed by atoms with Gasteiger partial charge in [0, 0.05) is 17.9 Å². The Hall–Kier alpha value is -2.00. The van der Waals surface area contributed by atoms with Gasteiger partial charge in [0.1, 0.15) is 0 Å². The standard InChI is InChI=1S/C15H13ClN2O/c16-13-6-5-11(17)9-12(13)15(19)18-8-7-10-3-1-2-4-14(10)18/h1-6,9H,7-8,17H2. The number of anilines is 2. The lowest BCUT2D eigenvalue weighted by atomic mass is 10.1. The number of hydrogen-bond donors (Lipinski definition) is 1. The van der Waals surface area contributed by atoms with Gasteiger partial charge in [-0.2, -0.15) is 0 Å². The summed E-state index contributed by atoms with van der Waals surface area (Å²) in [5, 5.41) is 0.434. The van der Waals surface area contributed by atoms with Crippen LogP contribution in [0.3, 0.4) is 0 Å². The fraction of sp³-hybridized carbons (Fsp3) is 0.133. The van der Waals surface area contributed by atoms with Gasteiger partial charge in [0.15, 0.2) is 0 Å². The van der Waals surface area contributed by atoms with Crippen molar-refractivity contribution in [2.75, 3.05) is 17.2 Å². The molecule has 1 heterocycles. The number of nitrogens with two attached hydrogens (primary N) is 1. The Balaban J connectivity index is 2.00. The summed E-state index contributed by atoms with van der Waals surface area (Å²) < 4.78 is 0. The Labute approximate surface area is 116 Å². The van der Waals surface area contributed by atoms with Crippen molar-refractivity contribution in [2.24, 2.45) is 0 Å². The van der Waals surface area contributed by atoms with Crippen molar-refractivity contribution in [1.82, 2.24) is 0 Å². The zero-order chi connectivity index (χ0) is 13.4. The normalized spacial score (nSPS) is 13.4. The molecule has 0 bridgehead atoms. The van der Waals surface area contributed by atoms with Crippen LogP contribution in [0.1, 0.15) is 15.9 Å².